The van der Waals surface area contributed by atoms with Crippen molar-refractivity contribution in [3.63, 3.8) is 0 Å². The summed E-state index contributed by atoms with van der Waals surface area (Å²) < 4.78 is 1.08. The molecule has 0 bridgehead atoms. The zero-order valence-electron chi connectivity index (χ0n) is 15.7. The predicted octanol–water partition coefficient (Wildman–Crippen LogP) is 4.55. The standard InChI is InChI=1S/C22H20N4OS/c1-11-3-4-13(15(23)9-11)16-6-5-14-17(26-16)7-8-18-19(14)20-21(28-18)22(27)25-12(2)10-24-20/h3-9,12,24H,10,23H2,1-2H3,(H,25,27)/t12-/m1/s1. The highest BCUT2D eigenvalue weighted by molar-refractivity contribution is 7.21. The third kappa shape index (κ3) is 2.60. The Balaban J connectivity index is 1.72. The number of amides is 1. The number of carbonyl (C=O) groups is 1. The van der Waals surface area contributed by atoms with Crippen LogP contribution < -0.4 is 16.4 Å². The number of aromatic nitrogens is 1. The zero-order valence-corrected chi connectivity index (χ0v) is 16.5. The zero-order chi connectivity index (χ0) is 19.4. The van der Waals surface area contributed by atoms with E-state index in [2.05, 4.69) is 16.7 Å². The molecular formula is C22H20N4OS. The number of nitrogen functional groups attached to an aromatic ring is 1. The normalized spacial score (nSPS) is 16.5. The SMILES string of the molecule is Cc1ccc(-c2ccc3c(ccc4sc5c(c43)NC[C@@H](C)NC5=O)n2)c(N)c1. The van der Waals surface area contributed by atoms with E-state index < -0.39 is 0 Å². The first-order valence-corrected chi connectivity index (χ1v) is 10.1. The summed E-state index contributed by atoms with van der Waals surface area (Å²) in [6.07, 6.45) is 0. The number of anilines is 2. The summed E-state index contributed by atoms with van der Waals surface area (Å²) in [7, 11) is 0. The number of nitrogens with two attached hydrogens (primary N) is 1. The molecule has 1 aliphatic heterocycles. The molecule has 0 aliphatic carbocycles. The van der Waals surface area contributed by atoms with Crippen molar-refractivity contribution in [2.45, 2.75) is 19.9 Å². The minimum absolute atomic E-state index is 0.0149. The van der Waals surface area contributed by atoms with Crippen LogP contribution in [0.1, 0.15) is 22.2 Å². The second-order valence-electron chi connectivity index (χ2n) is 7.35. The van der Waals surface area contributed by atoms with Gasteiger partial charge in [0.2, 0.25) is 0 Å². The molecule has 5 nitrogen and oxygen atoms in total. The molecule has 1 aliphatic rings. The maximum Gasteiger partial charge on any atom is 0.263 e. The number of benzene rings is 2. The van der Waals surface area contributed by atoms with Crippen LogP contribution in [0.3, 0.4) is 0 Å². The highest BCUT2D eigenvalue weighted by Gasteiger charge is 2.24. The predicted molar refractivity (Wildman–Crippen MR) is 117 cm³/mol. The summed E-state index contributed by atoms with van der Waals surface area (Å²) in [5.41, 5.74) is 11.7. The molecule has 28 heavy (non-hydrogen) atoms. The Morgan fingerprint density at radius 3 is 2.86 bits per heavy atom. The second kappa shape index (κ2) is 6.21. The molecule has 2 aromatic heterocycles. The fourth-order valence-electron chi connectivity index (χ4n) is 3.79. The Bertz CT molecular complexity index is 1260. The molecule has 140 valence electrons. The summed E-state index contributed by atoms with van der Waals surface area (Å²) in [4.78, 5) is 18.2. The third-order valence-electron chi connectivity index (χ3n) is 5.17. The maximum atomic E-state index is 12.6. The second-order valence-corrected chi connectivity index (χ2v) is 8.41. The van der Waals surface area contributed by atoms with Crippen LogP contribution >= 0.6 is 11.3 Å². The van der Waals surface area contributed by atoms with Gasteiger partial charge < -0.3 is 16.4 Å². The van der Waals surface area contributed by atoms with Crippen LogP contribution in [0.5, 0.6) is 0 Å². The molecule has 3 heterocycles. The fourth-order valence-corrected chi connectivity index (χ4v) is 4.89. The Labute approximate surface area is 166 Å². The van der Waals surface area contributed by atoms with Gasteiger partial charge in [0.05, 0.1) is 16.9 Å². The number of carbonyl (C=O) groups excluding carboxylic acids is 1. The molecule has 0 unspecified atom stereocenters. The smallest absolute Gasteiger partial charge is 0.263 e. The number of aryl methyl sites for hydroxylation is 1. The first kappa shape index (κ1) is 17.0. The topological polar surface area (TPSA) is 80.0 Å². The summed E-state index contributed by atoms with van der Waals surface area (Å²) in [6.45, 7) is 4.73. The van der Waals surface area contributed by atoms with Crippen molar-refractivity contribution in [3.8, 4) is 11.3 Å². The Morgan fingerprint density at radius 2 is 2.04 bits per heavy atom. The Morgan fingerprint density at radius 1 is 1.18 bits per heavy atom. The van der Waals surface area contributed by atoms with Crippen LogP contribution in [0.2, 0.25) is 0 Å². The summed E-state index contributed by atoms with van der Waals surface area (Å²) >= 11 is 1.52. The minimum atomic E-state index is -0.0149. The number of hydrogen-bond acceptors (Lipinski definition) is 5. The van der Waals surface area contributed by atoms with E-state index in [0.717, 1.165) is 54.1 Å². The van der Waals surface area contributed by atoms with Gasteiger partial charge in [-0.2, -0.15) is 0 Å². The molecule has 0 radical (unpaired) electrons. The Kier molecular flexibility index (Phi) is 3.77. The monoisotopic (exact) mass is 388 g/mol. The first-order valence-electron chi connectivity index (χ1n) is 9.29. The molecule has 1 amide bonds. The van der Waals surface area contributed by atoms with Crippen LogP contribution in [-0.4, -0.2) is 23.5 Å². The van der Waals surface area contributed by atoms with Crippen molar-refractivity contribution in [1.29, 1.82) is 0 Å². The van der Waals surface area contributed by atoms with Crippen LogP contribution in [0, 0.1) is 6.92 Å². The molecule has 0 spiro atoms. The maximum absolute atomic E-state index is 12.6. The van der Waals surface area contributed by atoms with Crippen LogP contribution in [0.15, 0.2) is 42.5 Å². The van der Waals surface area contributed by atoms with Gasteiger partial charge in [0.15, 0.2) is 0 Å². The van der Waals surface area contributed by atoms with Crippen molar-refractivity contribution in [1.82, 2.24) is 10.3 Å². The highest BCUT2D eigenvalue weighted by Crippen LogP contribution is 2.41. The van der Waals surface area contributed by atoms with E-state index in [1.54, 1.807) is 0 Å². The lowest BCUT2D eigenvalue weighted by Gasteiger charge is -2.11. The van der Waals surface area contributed by atoms with Crippen molar-refractivity contribution in [2.75, 3.05) is 17.6 Å². The van der Waals surface area contributed by atoms with Gasteiger partial charge in [-0.3, -0.25) is 4.79 Å². The van der Waals surface area contributed by atoms with E-state index in [0.29, 0.717) is 6.54 Å². The molecule has 5 rings (SSSR count). The first-order chi connectivity index (χ1) is 13.5. The van der Waals surface area contributed by atoms with Gasteiger partial charge in [-0.05, 0) is 49.7 Å². The third-order valence-corrected chi connectivity index (χ3v) is 6.33. The number of fused-ring (bicyclic) bond motifs is 5. The molecule has 0 saturated heterocycles. The summed E-state index contributed by atoms with van der Waals surface area (Å²) in [5.74, 6) is -0.0149. The molecular weight excluding hydrogens is 368 g/mol. The molecule has 0 saturated carbocycles. The van der Waals surface area contributed by atoms with Crippen molar-refractivity contribution in [3.05, 3.63) is 52.9 Å². The fraction of sp³-hybridized carbons (Fsp3) is 0.182. The molecule has 4 aromatic rings. The van der Waals surface area contributed by atoms with Gasteiger partial charge in [-0.1, -0.05) is 12.1 Å². The van der Waals surface area contributed by atoms with Crippen molar-refractivity contribution >= 4 is 49.6 Å². The number of hydrogen-bond donors (Lipinski definition) is 3. The van der Waals surface area contributed by atoms with Crippen molar-refractivity contribution in [2.24, 2.45) is 0 Å². The number of thiophene rings is 1. The van der Waals surface area contributed by atoms with Gasteiger partial charge in [0.25, 0.3) is 5.91 Å². The lowest BCUT2D eigenvalue weighted by molar-refractivity contribution is 0.0949. The average Bonchev–Trinajstić information content (AvgIpc) is 2.98. The number of rotatable bonds is 1. The Hall–Kier alpha value is -3.12. The van der Waals surface area contributed by atoms with Gasteiger partial charge in [0.1, 0.15) is 4.88 Å². The van der Waals surface area contributed by atoms with Crippen LogP contribution in [0.25, 0.3) is 32.2 Å². The molecule has 4 N–H and O–H groups in total. The van der Waals surface area contributed by atoms with Crippen LogP contribution in [-0.2, 0) is 0 Å². The molecule has 1 atom stereocenters. The molecule has 2 aromatic carbocycles. The summed E-state index contributed by atoms with van der Waals surface area (Å²) in [5, 5.41) is 8.60. The van der Waals surface area contributed by atoms with Gasteiger partial charge in [0, 0.05) is 39.3 Å². The van der Waals surface area contributed by atoms with E-state index in [-0.39, 0.29) is 11.9 Å². The molecule has 0 fully saturated rings. The van der Waals surface area contributed by atoms with Gasteiger partial charge in [-0.15, -0.1) is 11.3 Å². The van der Waals surface area contributed by atoms with E-state index in [1.165, 1.54) is 11.3 Å². The largest absolute Gasteiger partial charge is 0.398 e. The lowest BCUT2D eigenvalue weighted by Crippen LogP contribution is -2.34. The number of pyridine rings is 1. The van der Waals surface area contributed by atoms with Gasteiger partial charge in [-0.25, -0.2) is 4.98 Å². The van der Waals surface area contributed by atoms with Gasteiger partial charge >= 0.3 is 0 Å². The average molecular weight is 388 g/mol. The van der Waals surface area contributed by atoms with E-state index in [4.69, 9.17) is 10.7 Å². The number of nitrogens with one attached hydrogen (secondary N) is 2. The van der Waals surface area contributed by atoms with Crippen LogP contribution in [0.4, 0.5) is 11.4 Å². The highest BCUT2D eigenvalue weighted by atomic mass is 32.1. The van der Waals surface area contributed by atoms with E-state index in [9.17, 15) is 4.79 Å². The van der Waals surface area contributed by atoms with E-state index in [1.807, 2.05) is 50.2 Å². The quantitative estimate of drug-likeness (QED) is 0.418. The molecule has 6 heteroatoms. The lowest BCUT2D eigenvalue weighted by atomic mass is 10.0. The van der Waals surface area contributed by atoms with E-state index >= 15 is 0 Å². The summed E-state index contributed by atoms with van der Waals surface area (Å²) in [6, 6.07) is 14.3. The minimum Gasteiger partial charge on any atom is -0.398 e. The van der Waals surface area contributed by atoms with Crippen molar-refractivity contribution < 1.29 is 4.79 Å². The number of nitrogens with zero attached hydrogens (tertiary/aromatic N) is 1.